The first-order valence-electron chi connectivity index (χ1n) is 8.03. The Labute approximate surface area is 131 Å². The number of hydrogen-bond donors (Lipinski definition) is 2. The van der Waals surface area contributed by atoms with E-state index in [9.17, 15) is 0 Å². The molecule has 2 aromatic rings. The van der Waals surface area contributed by atoms with Gasteiger partial charge in [-0.15, -0.1) is 0 Å². The highest BCUT2D eigenvalue weighted by Gasteiger charge is 2.18. The molecule has 1 atom stereocenters. The summed E-state index contributed by atoms with van der Waals surface area (Å²) < 4.78 is 0. The molecule has 2 aromatic heterocycles. The maximum Gasteiger partial charge on any atom is 0.144 e. The molecule has 2 N–H and O–H groups in total. The molecule has 6 heteroatoms. The molecule has 1 fully saturated rings. The highest BCUT2D eigenvalue weighted by molar-refractivity contribution is 5.29. The molecule has 0 bridgehead atoms. The van der Waals surface area contributed by atoms with Crippen molar-refractivity contribution in [3.05, 3.63) is 36.0 Å². The van der Waals surface area contributed by atoms with E-state index in [1.807, 2.05) is 25.6 Å². The first-order chi connectivity index (χ1) is 10.8. The van der Waals surface area contributed by atoms with E-state index < -0.39 is 0 Å². The van der Waals surface area contributed by atoms with Crippen LogP contribution in [-0.2, 0) is 13.0 Å². The minimum absolute atomic E-state index is 0.710. The maximum absolute atomic E-state index is 4.50. The quantitative estimate of drug-likeness (QED) is 0.885. The van der Waals surface area contributed by atoms with Gasteiger partial charge in [0.25, 0.3) is 0 Å². The molecule has 0 amide bonds. The van der Waals surface area contributed by atoms with Crippen LogP contribution in [0.5, 0.6) is 0 Å². The Balaban J connectivity index is 1.51. The third-order valence-electron chi connectivity index (χ3n) is 4.35. The Morgan fingerprint density at radius 2 is 2.23 bits per heavy atom. The van der Waals surface area contributed by atoms with E-state index in [2.05, 4.69) is 36.4 Å². The lowest BCUT2D eigenvalue weighted by molar-refractivity contribution is 0.269. The minimum Gasteiger partial charge on any atom is -0.372 e. The number of H-pyrrole nitrogens is 1. The second kappa shape index (κ2) is 7.35. The lowest BCUT2D eigenvalue weighted by Gasteiger charge is -2.19. The molecule has 1 saturated heterocycles. The molecule has 1 unspecified atom stereocenters. The summed E-state index contributed by atoms with van der Waals surface area (Å²) in [5.74, 6) is 1.54. The van der Waals surface area contributed by atoms with Crippen LogP contribution in [0.2, 0.25) is 0 Å². The van der Waals surface area contributed by atoms with E-state index in [-0.39, 0.29) is 0 Å². The van der Waals surface area contributed by atoms with Crippen LogP contribution in [0.15, 0.2) is 24.7 Å². The number of likely N-dealkylation sites (tertiary alicyclic amines) is 1. The van der Waals surface area contributed by atoms with Crippen molar-refractivity contribution < 1.29 is 0 Å². The van der Waals surface area contributed by atoms with Crippen molar-refractivity contribution in [2.24, 2.45) is 5.92 Å². The van der Waals surface area contributed by atoms with Crippen molar-refractivity contribution in [1.29, 1.82) is 0 Å². The van der Waals surface area contributed by atoms with Gasteiger partial charge in [-0.1, -0.05) is 0 Å². The third kappa shape index (κ3) is 4.04. The van der Waals surface area contributed by atoms with E-state index >= 15 is 0 Å². The van der Waals surface area contributed by atoms with Crippen LogP contribution < -0.4 is 5.32 Å². The van der Waals surface area contributed by atoms with Crippen LogP contribution in [0.1, 0.15) is 30.7 Å². The zero-order valence-corrected chi connectivity index (χ0v) is 13.1. The zero-order valence-electron chi connectivity index (χ0n) is 13.1. The second-order valence-electron chi connectivity index (χ2n) is 6.00. The first kappa shape index (κ1) is 15.0. The number of aromatic amines is 1. The monoisotopic (exact) mass is 300 g/mol. The molecule has 0 aromatic carbocycles. The Bertz CT molecular complexity index is 551. The predicted octanol–water partition coefficient (Wildman–Crippen LogP) is 2.09. The van der Waals surface area contributed by atoms with Gasteiger partial charge in [-0.25, -0.2) is 4.98 Å². The topological polar surface area (TPSA) is 69.7 Å². The van der Waals surface area contributed by atoms with E-state index in [1.165, 1.54) is 31.5 Å². The number of aromatic nitrogens is 4. The van der Waals surface area contributed by atoms with Gasteiger partial charge in [-0.3, -0.25) is 15.0 Å². The smallest absolute Gasteiger partial charge is 0.144 e. The van der Waals surface area contributed by atoms with Gasteiger partial charge in [0.05, 0.1) is 18.1 Å². The Hall–Kier alpha value is -1.95. The van der Waals surface area contributed by atoms with Crippen molar-refractivity contribution in [2.75, 3.05) is 25.5 Å². The van der Waals surface area contributed by atoms with E-state index in [4.69, 9.17) is 0 Å². The molecular weight excluding hydrogens is 276 g/mol. The van der Waals surface area contributed by atoms with E-state index in [1.54, 1.807) is 0 Å². The van der Waals surface area contributed by atoms with Crippen LogP contribution in [0, 0.1) is 5.92 Å². The van der Waals surface area contributed by atoms with Gasteiger partial charge < -0.3 is 5.32 Å². The molecule has 3 heterocycles. The van der Waals surface area contributed by atoms with E-state index in [0.717, 1.165) is 31.0 Å². The normalized spacial score (nSPS) is 19.8. The lowest BCUT2D eigenvalue weighted by atomic mass is 9.95. The SMILES string of the molecule is CNc1cnc(CC2CCCN(Cc3ccn[nH]3)CC2)cn1. The first-order valence-corrected chi connectivity index (χ1v) is 8.03. The molecule has 3 rings (SSSR count). The fourth-order valence-electron chi connectivity index (χ4n) is 3.09. The molecule has 0 saturated carbocycles. The average Bonchev–Trinajstić information content (AvgIpc) is 2.96. The molecule has 6 nitrogen and oxygen atoms in total. The van der Waals surface area contributed by atoms with Crippen LogP contribution in [0.3, 0.4) is 0 Å². The van der Waals surface area contributed by atoms with Gasteiger partial charge in [0.2, 0.25) is 0 Å². The minimum atomic E-state index is 0.710. The van der Waals surface area contributed by atoms with Gasteiger partial charge in [0.15, 0.2) is 0 Å². The summed E-state index contributed by atoms with van der Waals surface area (Å²) >= 11 is 0. The summed E-state index contributed by atoms with van der Waals surface area (Å²) in [5, 5.41) is 10.1. The number of nitrogens with one attached hydrogen (secondary N) is 2. The average molecular weight is 300 g/mol. The van der Waals surface area contributed by atoms with Crippen molar-refractivity contribution >= 4 is 5.82 Å². The van der Waals surface area contributed by atoms with Crippen molar-refractivity contribution in [1.82, 2.24) is 25.1 Å². The molecule has 118 valence electrons. The summed E-state index contributed by atoms with van der Waals surface area (Å²) in [5.41, 5.74) is 2.30. The van der Waals surface area contributed by atoms with Crippen molar-refractivity contribution in [2.45, 2.75) is 32.2 Å². The van der Waals surface area contributed by atoms with Gasteiger partial charge in [0.1, 0.15) is 5.82 Å². The Morgan fingerprint density at radius 1 is 1.27 bits per heavy atom. The highest BCUT2D eigenvalue weighted by Crippen LogP contribution is 2.22. The number of anilines is 1. The molecule has 1 aliphatic rings. The van der Waals surface area contributed by atoms with Gasteiger partial charge in [0, 0.05) is 25.5 Å². The maximum atomic E-state index is 4.50. The van der Waals surface area contributed by atoms with Gasteiger partial charge in [-0.2, -0.15) is 5.10 Å². The Morgan fingerprint density at radius 3 is 2.95 bits per heavy atom. The van der Waals surface area contributed by atoms with Crippen LogP contribution in [0.4, 0.5) is 5.82 Å². The van der Waals surface area contributed by atoms with Crippen LogP contribution in [-0.4, -0.2) is 45.2 Å². The number of nitrogens with zero attached hydrogens (tertiary/aromatic N) is 4. The zero-order chi connectivity index (χ0) is 15.2. The molecular formula is C16H24N6. The Kier molecular flexibility index (Phi) is 5.00. The molecule has 22 heavy (non-hydrogen) atoms. The second-order valence-corrected chi connectivity index (χ2v) is 6.00. The fourth-order valence-corrected chi connectivity index (χ4v) is 3.09. The largest absolute Gasteiger partial charge is 0.372 e. The van der Waals surface area contributed by atoms with Gasteiger partial charge >= 0.3 is 0 Å². The summed E-state index contributed by atoms with van der Waals surface area (Å²) in [6, 6.07) is 2.06. The van der Waals surface area contributed by atoms with Crippen LogP contribution in [0.25, 0.3) is 0 Å². The number of hydrogen-bond acceptors (Lipinski definition) is 5. The predicted molar refractivity (Wildman–Crippen MR) is 86.5 cm³/mol. The summed E-state index contributed by atoms with van der Waals surface area (Å²) in [7, 11) is 1.86. The lowest BCUT2D eigenvalue weighted by Crippen LogP contribution is -2.24. The van der Waals surface area contributed by atoms with Crippen LogP contribution >= 0.6 is 0 Å². The molecule has 0 aliphatic carbocycles. The highest BCUT2D eigenvalue weighted by atomic mass is 15.2. The molecule has 1 aliphatic heterocycles. The fraction of sp³-hybridized carbons (Fsp3) is 0.562. The van der Waals surface area contributed by atoms with E-state index in [0.29, 0.717) is 5.92 Å². The standard InChI is InChI=1S/C16H24N6/c1-17-16-11-18-15(10-19-16)9-13-3-2-7-22(8-5-13)12-14-4-6-20-21-14/h4,6,10-11,13H,2-3,5,7-9,12H2,1H3,(H,17,19)(H,20,21). The molecule has 0 radical (unpaired) electrons. The summed E-state index contributed by atoms with van der Waals surface area (Å²) in [6.45, 7) is 3.29. The van der Waals surface area contributed by atoms with Crippen molar-refractivity contribution in [3.8, 4) is 0 Å². The molecule has 0 spiro atoms. The van der Waals surface area contributed by atoms with Crippen molar-refractivity contribution in [3.63, 3.8) is 0 Å². The number of rotatable bonds is 5. The third-order valence-corrected chi connectivity index (χ3v) is 4.35. The summed E-state index contributed by atoms with van der Waals surface area (Å²) in [6.07, 6.45) is 10.3. The van der Waals surface area contributed by atoms with Gasteiger partial charge in [-0.05, 0) is 50.8 Å². The summed E-state index contributed by atoms with van der Waals surface area (Å²) in [4.78, 5) is 11.4.